The summed E-state index contributed by atoms with van der Waals surface area (Å²) >= 11 is 7.31. The van der Waals surface area contributed by atoms with Crippen LogP contribution < -0.4 is 10.5 Å². The zero-order valence-corrected chi connectivity index (χ0v) is 13.0. The Labute approximate surface area is 130 Å². The van der Waals surface area contributed by atoms with Crippen LogP contribution in [0.2, 0.25) is 5.02 Å². The third-order valence-electron chi connectivity index (χ3n) is 2.87. The van der Waals surface area contributed by atoms with Crippen LogP contribution in [0.25, 0.3) is 10.2 Å². The molecule has 0 aliphatic heterocycles. The van der Waals surface area contributed by atoms with Gasteiger partial charge in [0.1, 0.15) is 0 Å². The van der Waals surface area contributed by atoms with Crippen molar-refractivity contribution in [3.8, 4) is 0 Å². The minimum atomic E-state index is -3.71. The SMILES string of the molecule is Nc1ccc(S(=O)(=O)Nc2ccc3ncsc3c2)cc1Cl. The minimum Gasteiger partial charge on any atom is -0.398 e. The third-order valence-corrected chi connectivity index (χ3v) is 5.36. The molecule has 0 spiro atoms. The lowest BCUT2D eigenvalue weighted by molar-refractivity contribution is 0.601. The summed E-state index contributed by atoms with van der Waals surface area (Å²) < 4.78 is 28.1. The van der Waals surface area contributed by atoms with E-state index in [1.165, 1.54) is 29.5 Å². The van der Waals surface area contributed by atoms with E-state index in [1.54, 1.807) is 23.7 Å². The zero-order valence-electron chi connectivity index (χ0n) is 10.6. The summed E-state index contributed by atoms with van der Waals surface area (Å²) in [5, 5.41) is 0.204. The first-order valence-electron chi connectivity index (χ1n) is 5.87. The van der Waals surface area contributed by atoms with Gasteiger partial charge in [-0.3, -0.25) is 4.72 Å². The standard InChI is InChI=1S/C13H10ClN3O2S2/c14-10-6-9(2-3-11(10)15)21(18,19)17-8-1-4-12-13(5-8)20-7-16-12/h1-7,17H,15H2. The lowest BCUT2D eigenvalue weighted by Crippen LogP contribution is -2.13. The van der Waals surface area contributed by atoms with E-state index in [0.29, 0.717) is 11.4 Å². The Balaban J connectivity index is 1.96. The van der Waals surface area contributed by atoms with Gasteiger partial charge in [-0.05, 0) is 36.4 Å². The van der Waals surface area contributed by atoms with Gasteiger partial charge >= 0.3 is 0 Å². The average Bonchev–Trinajstić information content (AvgIpc) is 2.88. The molecule has 0 fully saturated rings. The van der Waals surface area contributed by atoms with Crippen LogP contribution in [0.15, 0.2) is 46.8 Å². The van der Waals surface area contributed by atoms with E-state index in [1.807, 2.05) is 0 Å². The van der Waals surface area contributed by atoms with Crippen molar-refractivity contribution in [3.63, 3.8) is 0 Å². The summed E-state index contributed by atoms with van der Waals surface area (Å²) in [6, 6.07) is 9.37. The number of rotatable bonds is 3. The predicted molar refractivity (Wildman–Crippen MR) is 86.3 cm³/mol. The summed E-state index contributed by atoms with van der Waals surface area (Å²) in [6.45, 7) is 0. The Morgan fingerprint density at radius 2 is 2.00 bits per heavy atom. The molecule has 0 saturated heterocycles. The van der Waals surface area contributed by atoms with Crippen molar-refractivity contribution >= 4 is 54.6 Å². The van der Waals surface area contributed by atoms with Gasteiger partial charge in [0.05, 0.1) is 37.0 Å². The molecule has 1 aromatic heterocycles. The first-order chi connectivity index (χ1) is 9.95. The largest absolute Gasteiger partial charge is 0.398 e. The second-order valence-corrected chi connectivity index (χ2v) is 7.30. The predicted octanol–water partition coefficient (Wildman–Crippen LogP) is 3.33. The van der Waals surface area contributed by atoms with Crippen molar-refractivity contribution in [3.05, 3.63) is 46.9 Å². The molecule has 3 rings (SSSR count). The first-order valence-corrected chi connectivity index (χ1v) is 8.61. The molecule has 0 amide bonds. The highest BCUT2D eigenvalue weighted by atomic mass is 35.5. The van der Waals surface area contributed by atoms with Crippen LogP contribution in [0.1, 0.15) is 0 Å². The number of benzene rings is 2. The Morgan fingerprint density at radius 1 is 1.19 bits per heavy atom. The molecule has 1 heterocycles. The third kappa shape index (κ3) is 2.80. The van der Waals surface area contributed by atoms with Crippen LogP contribution in [-0.2, 0) is 10.0 Å². The molecule has 0 aliphatic carbocycles. The van der Waals surface area contributed by atoms with Crippen molar-refractivity contribution in [2.75, 3.05) is 10.5 Å². The Bertz CT molecular complexity index is 922. The van der Waals surface area contributed by atoms with Gasteiger partial charge in [-0.25, -0.2) is 13.4 Å². The Kier molecular flexibility index (Phi) is 3.48. The van der Waals surface area contributed by atoms with Crippen molar-refractivity contribution in [1.82, 2.24) is 4.98 Å². The van der Waals surface area contributed by atoms with Crippen LogP contribution in [0, 0.1) is 0 Å². The van der Waals surface area contributed by atoms with E-state index in [0.717, 1.165) is 10.2 Å². The summed E-state index contributed by atoms with van der Waals surface area (Å²) in [6.07, 6.45) is 0. The van der Waals surface area contributed by atoms with Crippen molar-refractivity contribution < 1.29 is 8.42 Å². The van der Waals surface area contributed by atoms with E-state index < -0.39 is 10.0 Å². The number of hydrogen-bond donors (Lipinski definition) is 2. The molecule has 0 aliphatic rings. The van der Waals surface area contributed by atoms with Crippen LogP contribution >= 0.6 is 22.9 Å². The van der Waals surface area contributed by atoms with Crippen molar-refractivity contribution in [1.29, 1.82) is 0 Å². The van der Waals surface area contributed by atoms with Gasteiger partial charge in [0.25, 0.3) is 10.0 Å². The van der Waals surface area contributed by atoms with Gasteiger partial charge in [-0.2, -0.15) is 0 Å². The number of halogens is 1. The number of hydrogen-bond acceptors (Lipinski definition) is 5. The molecule has 0 saturated carbocycles. The van der Waals surface area contributed by atoms with Crippen molar-refractivity contribution in [2.45, 2.75) is 4.90 Å². The van der Waals surface area contributed by atoms with Gasteiger partial charge in [-0.1, -0.05) is 11.6 Å². The maximum absolute atomic E-state index is 12.3. The molecule has 2 aromatic carbocycles. The number of sulfonamides is 1. The lowest BCUT2D eigenvalue weighted by Gasteiger charge is -2.09. The second-order valence-electron chi connectivity index (χ2n) is 4.32. The van der Waals surface area contributed by atoms with Crippen LogP contribution in [-0.4, -0.2) is 13.4 Å². The topological polar surface area (TPSA) is 85.1 Å². The number of anilines is 2. The van der Waals surface area contributed by atoms with Gasteiger partial charge < -0.3 is 5.73 Å². The number of nitrogen functional groups attached to an aromatic ring is 1. The first kappa shape index (κ1) is 14.1. The van der Waals surface area contributed by atoms with E-state index in [4.69, 9.17) is 17.3 Å². The fraction of sp³-hybridized carbons (Fsp3) is 0. The fourth-order valence-electron chi connectivity index (χ4n) is 1.81. The smallest absolute Gasteiger partial charge is 0.261 e. The summed E-state index contributed by atoms with van der Waals surface area (Å²) in [7, 11) is -3.71. The zero-order chi connectivity index (χ0) is 15.0. The lowest BCUT2D eigenvalue weighted by atomic mass is 10.3. The highest BCUT2D eigenvalue weighted by Gasteiger charge is 2.15. The van der Waals surface area contributed by atoms with Crippen LogP contribution in [0.5, 0.6) is 0 Å². The average molecular weight is 340 g/mol. The van der Waals surface area contributed by atoms with E-state index in [2.05, 4.69) is 9.71 Å². The normalized spacial score (nSPS) is 11.7. The van der Waals surface area contributed by atoms with E-state index in [-0.39, 0.29) is 9.92 Å². The molecule has 0 unspecified atom stereocenters. The molecule has 108 valence electrons. The molecule has 0 radical (unpaired) electrons. The number of aromatic nitrogens is 1. The highest BCUT2D eigenvalue weighted by Crippen LogP contribution is 2.26. The van der Waals surface area contributed by atoms with Crippen molar-refractivity contribution in [2.24, 2.45) is 0 Å². The second kappa shape index (κ2) is 5.18. The minimum absolute atomic E-state index is 0.0612. The van der Waals surface area contributed by atoms with Gasteiger partial charge in [0, 0.05) is 0 Å². The fourth-order valence-corrected chi connectivity index (χ4v) is 3.84. The molecule has 0 bridgehead atoms. The Morgan fingerprint density at radius 3 is 2.76 bits per heavy atom. The molecular weight excluding hydrogens is 330 g/mol. The van der Waals surface area contributed by atoms with E-state index >= 15 is 0 Å². The number of nitrogens with two attached hydrogens (primary N) is 1. The molecule has 5 nitrogen and oxygen atoms in total. The number of fused-ring (bicyclic) bond motifs is 1. The molecule has 21 heavy (non-hydrogen) atoms. The van der Waals surface area contributed by atoms with Crippen LogP contribution in [0.4, 0.5) is 11.4 Å². The quantitative estimate of drug-likeness (QED) is 0.717. The van der Waals surface area contributed by atoms with Gasteiger partial charge in [-0.15, -0.1) is 11.3 Å². The number of nitrogens with zero attached hydrogens (tertiary/aromatic N) is 1. The Hall–Kier alpha value is -1.83. The van der Waals surface area contributed by atoms with Gasteiger partial charge in [0.15, 0.2) is 0 Å². The number of nitrogens with one attached hydrogen (secondary N) is 1. The monoisotopic (exact) mass is 339 g/mol. The summed E-state index contributed by atoms with van der Waals surface area (Å²) in [5.74, 6) is 0. The van der Waals surface area contributed by atoms with Gasteiger partial charge in [0.2, 0.25) is 0 Å². The summed E-state index contributed by atoms with van der Waals surface area (Å²) in [5.41, 5.74) is 8.93. The molecule has 8 heteroatoms. The van der Waals surface area contributed by atoms with E-state index in [9.17, 15) is 8.42 Å². The number of thiazole rings is 1. The maximum atomic E-state index is 12.3. The summed E-state index contributed by atoms with van der Waals surface area (Å²) in [4.78, 5) is 4.21. The molecule has 3 aromatic rings. The van der Waals surface area contributed by atoms with Crippen LogP contribution in [0.3, 0.4) is 0 Å². The molecule has 3 N–H and O–H groups in total. The molecular formula is C13H10ClN3O2S2. The molecule has 0 atom stereocenters. The highest BCUT2D eigenvalue weighted by molar-refractivity contribution is 7.92. The maximum Gasteiger partial charge on any atom is 0.261 e.